The van der Waals surface area contributed by atoms with Gasteiger partial charge in [0.15, 0.2) is 0 Å². The van der Waals surface area contributed by atoms with E-state index >= 15 is 0 Å². The van der Waals surface area contributed by atoms with Crippen LogP contribution in [0.4, 0.5) is 0 Å². The number of hydrogen-bond acceptors (Lipinski definition) is 3. The SMILES string of the molecule is CCCCC(CC)CNC1CCN(S(C)(=O)=O)CC1. The van der Waals surface area contributed by atoms with Gasteiger partial charge >= 0.3 is 0 Å². The summed E-state index contributed by atoms with van der Waals surface area (Å²) < 4.78 is 24.5. The van der Waals surface area contributed by atoms with E-state index in [2.05, 4.69) is 19.2 Å². The quantitative estimate of drug-likeness (QED) is 0.745. The molecule has 0 radical (unpaired) electrons. The summed E-state index contributed by atoms with van der Waals surface area (Å²) in [5.41, 5.74) is 0. The Bertz CT molecular complexity index is 335. The summed E-state index contributed by atoms with van der Waals surface area (Å²) in [7, 11) is -2.99. The molecule has 1 unspecified atom stereocenters. The van der Waals surface area contributed by atoms with E-state index in [0.717, 1.165) is 25.3 Å². The van der Waals surface area contributed by atoms with Crippen molar-refractivity contribution in [3.8, 4) is 0 Å². The predicted octanol–water partition coefficient (Wildman–Crippen LogP) is 2.22. The van der Waals surface area contributed by atoms with Gasteiger partial charge in [0.2, 0.25) is 10.0 Å². The Morgan fingerprint density at radius 1 is 1.26 bits per heavy atom. The van der Waals surface area contributed by atoms with Crippen LogP contribution in [0, 0.1) is 5.92 Å². The first-order chi connectivity index (χ1) is 8.97. The number of sulfonamides is 1. The van der Waals surface area contributed by atoms with Crippen LogP contribution in [0.3, 0.4) is 0 Å². The molecular weight excluding hydrogens is 260 g/mol. The molecule has 0 aromatic rings. The molecule has 1 saturated heterocycles. The molecule has 0 aromatic carbocycles. The standard InChI is InChI=1S/C14H30N2O2S/c1-4-6-7-13(5-2)12-15-14-8-10-16(11-9-14)19(3,17)18/h13-15H,4-12H2,1-3H3. The average Bonchev–Trinajstić information content (AvgIpc) is 2.38. The minimum Gasteiger partial charge on any atom is -0.314 e. The second-order valence-electron chi connectivity index (χ2n) is 5.76. The molecule has 0 saturated carbocycles. The van der Waals surface area contributed by atoms with Gasteiger partial charge in [-0.15, -0.1) is 0 Å². The van der Waals surface area contributed by atoms with Gasteiger partial charge in [0.1, 0.15) is 0 Å². The van der Waals surface area contributed by atoms with Crippen molar-refractivity contribution < 1.29 is 8.42 Å². The molecule has 1 N–H and O–H groups in total. The van der Waals surface area contributed by atoms with E-state index in [1.54, 1.807) is 4.31 Å². The Hall–Kier alpha value is -0.130. The third kappa shape index (κ3) is 6.23. The molecule has 0 spiro atoms. The molecule has 1 rings (SSSR count). The van der Waals surface area contributed by atoms with Crippen LogP contribution >= 0.6 is 0 Å². The number of hydrogen-bond donors (Lipinski definition) is 1. The highest BCUT2D eigenvalue weighted by Gasteiger charge is 2.24. The van der Waals surface area contributed by atoms with E-state index in [-0.39, 0.29) is 0 Å². The Balaban J connectivity index is 2.25. The molecule has 0 bridgehead atoms. The van der Waals surface area contributed by atoms with E-state index in [1.807, 2.05) is 0 Å². The summed E-state index contributed by atoms with van der Waals surface area (Å²) in [6.07, 6.45) is 8.31. The van der Waals surface area contributed by atoms with Crippen LogP contribution in [-0.4, -0.2) is 44.7 Å². The number of piperidine rings is 1. The van der Waals surface area contributed by atoms with E-state index in [4.69, 9.17) is 0 Å². The Kier molecular flexibility index (Phi) is 7.32. The second kappa shape index (κ2) is 8.22. The van der Waals surface area contributed by atoms with Gasteiger partial charge in [-0.2, -0.15) is 0 Å². The van der Waals surface area contributed by atoms with Crippen LogP contribution in [0.1, 0.15) is 52.4 Å². The predicted molar refractivity (Wildman–Crippen MR) is 80.7 cm³/mol. The normalized spacial score (nSPS) is 20.6. The maximum atomic E-state index is 11.4. The third-order valence-electron chi connectivity index (χ3n) is 4.16. The zero-order valence-corrected chi connectivity index (χ0v) is 13.5. The van der Waals surface area contributed by atoms with Crippen LogP contribution in [0.15, 0.2) is 0 Å². The fourth-order valence-corrected chi connectivity index (χ4v) is 3.54. The molecule has 1 heterocycles. The molecule has 1 aliphatic heterocycles. The molecule has 1 aliphatic rings. The van der Waals surface area contributed by atoms with Crippen molar-refractivity contribution >= 4 is 10.0 Å². The fourth-order valence-electron chi connectivity index (χ4n) is 2.67. The Morgan fingerprint density at radius 3 is 2.37 bits per heavy atom. The fraction of sp³-hybridized carbons (Fsp3) is 1.00. The molecule has 0 aromatic heterocycles. The van der Waals surface area contributed by atoms with Crippen molar-refractivity contribution in [3.05, 3.63) is 0 Å². The summed E-state index contributed by atoms with van der Waals surface area (Å²) in [6.45, 7) is 6.92. The minimum atomic E-state index is -2.99. The van der Waals surface area contributed by atoms with Gasteiger partial charge in [0.05, 0.1) is 6.26 Å². The smallest absolute Gasteiger partial charge is 0.211 e. The van der Waals surface area contributed by atoms with Crippen molar-refractivity contribution in [1.82, 2.24) is 9.62 Å². The lowest BCUT2D eigenvalue weighted by Crippen LogP contribution is -2.45. The average molecular weight is 290 g/mol. The molecule has 1 atom stereocenters. The molecule has 5 heteroatoms. The first-order valence-electron chi connectivity index (χ1n) is 7.65. The zero-order valence-electron chi connectivity index (χ0n) is 12.7. The zero-order chi connectivity index (χ0) is 14.3. The van der Waals surface area contributed by atoms with Gasteiger partial charge in [-0.25, -0.2) is 12.7 Å². The van der Waals surface area contributed by atoms with E-state index < -0.39 is 10.0 Å². The van der Waals surface area contributed by atoms with Crippen LogP contribution in [-0.2, 0) is 10.0 Å². The summed E-state index contributed by atoms with van der Waals surface area (Å²) in [6, 6.07) is 0.494. The maximum Gasteiger partial charge on any atom is 0.211 e. The first-order valence-corrected chi connectivity index (χ1v) is 9.50. The largest absolute Gasteiger partial charge is 0.314 e. The Labute approximate surface area is 119 Å². The lowest BCUT2D eigenvalue weighted by Gasteiger charge is -2.31. The van der Waals surface area contributed by atoms with E-state index in [0.29, 0.717) is 19.1 Å². The lowest BCUT2D eigenvalue weighted by atomic mass is 9.98. The third-order valence-corrected chi connectivity index (χ3v) is 5.46. The van der Waals surface area contributed by atoms with Gasteiger partial charge in [-0.1, -0.05) is 33.1 Å². The molecule has 114 valence electrons. The first kappa shape index (κ1) is 16.9. The van der Waals surface area contributed by atoms with Crippen molar-refractivity contribution in [2.24, 2.45) is 5.92 Å². The molecule has 4 nitrogen and oxygen atoms in total. The van der Waals surface area contributed by atoms with Crippen molar-refractivity contribution in [2.75, 3.05) is 25.9 Å². The molecule has 1 fully saturated rings. The molecule has 0 amide bonds. The number of nitrogens with zero attached hydrogens (tertiary/aromatic N) is 1. The van der Waals surface area contributed by atoms with Crippen molar-refractivity contribution in [1.29, 1.82) is 0 Å². The number of unbranched alkanes of at least 4 members (excludes halogenated alkanes) is 1. The summed E-state index contributed by atoms with van der Waals surface area (Å²) in [4.78, 5) is 0. The summed E-state index contributed by atoms with van der Waals surface area (Å²) in [5.74, 6) is 0.771. The van der Waals surface area contributed by atoms with E-state index in [9.17, 15) is 8.42 Å². The highest BCUT2D eigenvalue weighted by atomic mass is 32.2. The van der Waals surface area contributed by atoms with Gasteiger partial charge in [0, 0.05) is 19.1 Å². The van der Waals surface area contributed by atoms with Gasteiger partial charge in [0.25, 0.3) is 0 Å². The highest BCUT2D eigenvalue weighted by molar-refractivity contribution is 7.88. The van der Waals surface area contributed by atoms with Crippen molar-refractivity contribution in [2.45, 2.75) is 58.4 Å². The van der Waals surface area contributed by atoms with Crippen LogP contribution in [0.25, 0.3) is 0 Å². The number of rotatable bonds is 8. The summed E-state index contributed by atoms with van der Waals surface area (Å²) in [5, 5.41) is 3.63. The topological polar surface area (TPSA) is 49.4 Å². The number of nitrogens with one attached hydrogen (secondary N) is 1. The van der Waals surface area contributed by atoms with Crippen LogP contribution in [0.5, 0.6) is 0 Å². The van der Waals surface area contributed by atoms with Gasteiger partial charge in [-0.05, 0) is 31.7 Å². The second-order valence-corrected chi connectivity index (χ2v) is 7.74. The highest BCUT2D eigenvalue weighted by Crippen LogP contribution is 2.15. The van der Waals surface area contributed by atoms with Crippen LogP contribution < -0.4 is 5.32 Å². The van der Waals surface area contributed by atoms with Crippen LogP contribution in [0.2, 0.25) is 0 Å². The van der Waals surface area contributed by atoms with Gasteiger partial charge < -0.3 is 5.32 Å². The lowest BCUT2D eigenvalue weighted by molar-refractivity contribution is 0.276. The molecular formula is C14H30N2O2S. The Morgan fingerprint density at radius 2 is 1.89 bits per heavy atom. The molecule has 19 heavy (non-hydrogen) atoms. The minimum absolute atomic E-state index is 0.494. The summed E-state index contributed by atoms with van der Waals surface area (Å²) >= 11 is 0. The van der Waals surface area contributed by atoms with Crippen molar-refractivity contribution in [3.63, 3.8) is 0 Å². The monoisotopic (exact) mass is 290 g/mol. The molecule has 0 aliphatic carbocycles. The maximum absolute atomic E-state index is 11.4. The van der Waals surface area contributed by atoms with E-state index in [1.165, 1.54) is 31.9 Å². The van der Waals surface area contributed by atoms with Gasteiger partial charge in [-0.3, -0.25) is 0 Å².